The number of benzene rings is 2. The van der Waals surface area contributed by atoms with Crippen LogP contribution in [-0.4, -0.2) is 7.05 Å². The topological polar surface area (TPSA) is 12.0 Å². The minimum absolute atomic E-state index is 0.0596. The van der Waals surface area contributed by atoms with Gasteiger partial charge in [0.05, 0.1) is 10.5 Å². The third-order valence-corrected chi connectivity index (χ3v) is 3.73. The van der Waals surface area contributed by atoms with Crippen molar-refractivity contribution in [3.63, 3.8) is 0 Å². The second-order valence-corrected chi connectivity index (χ2v) is 5.18. The first-order valence-electron chi connectivity index (χ1n) is 5.50. The van der Waals surface area contributed by atoms with Crippen LogP contribution in [0.1, 0.15) is 17.2 Å². The van der Waals surface area contributed by atoms with Gasteiger partial charge in [-0.25, -0.2) is 4.39 Å². The van der Waals surface area contributed by atoms with E-state index in [4.69, 9.17) is 11.6 Å². The highest BCUT2D eigenvalue weighted by Crippen LogP contribution is 2.30. The van der Waals surface area contributed by atoms with Gasteiger partial charge in [-0.2, -0.15) is 0 Å². The van der Waals surface area contributed by atoms with Gasteiger partial charge in [-0.3, -0.25) is 0 Å². The molecule has 0 spiro atoms. The average Bonchev–Trinajstić information content (AvgIpc) is 2.37. The van der Waals surface area contributed by atoms with Crippen LogP contribution in [0.15, 0.2) is 46.9 Å². The summed E-state index contributed by atoms with van der Waals surface area (Å²) in [5.74, 6) is -0.271. The van der Waals surface area contributed by atoms with Crippen LogP contribution in [-0.2, 0) is 0 Å². The van der Waals surface area contributed by atoms with Crippen LogP contribution in [0.25, 0.3) is 0 Å². The summed E-state index contributed by atoms with van der Waals surface area (Å²) in [6.07, 6.45) is 0. The molecule has 18 heavy (non-hydrogen) atoms. The molecule has 1 unspecified atom stereocenters. The number of hydrogen-bond donors (Lipinski definition) is 1. The zero-order valence-electron chi connectivity index (χ0n) is 9.75. The lowest BCUT2D eigenvalue weighted by Gasteiger charge is -2.18. The summed E-state index contributed by atoms with van der Waals surface area (Å²) in [5, 5.41) is 3.89. The van der Waals surface area contributed by atoms with E-state index in [1.54, 1.807) is 12.1 Å². The van der Waals surface area contributed by atoms with Crippen molar-refractivity contribution in [1.82, 2.24) is 5.32 Å². The van der Waals surface area contributed by atoms with Crippen molar-refractivity contribution in [2.24, 2.45) is 0 Å². The smallest absolute Gasteiger partial charge is 0.137 e. The van der Waals surface area contributed by atoms with Crippen molar-refractivity contribution < 1.29 is 4.39 Å². The second-order valence-electron chi connectivity index (χ2n) is 3.92. The Kier molecular flexibility index (Phi) is 4.38. The fourth-order valence-corrected chi connectivity index (χ4v) is 2.54. The van der Waals surface area contributed by atoms with Gasteiger partial charge in [0.25, 0.3) is 0 Å². The monoisotopic (exact) mass is 327 g/mol. The Morgan fingerprint density at radius 2 is 1.94 bits per heavy atom. The quantitative estimate of drug-likeness (QED) is 0.871. The molecule has 0 amide bonds. The fraction of sp³-hybridized carbons (Fsp3) is 0.143. The zero-order chi connectivity index (χ0) is 13.1. The van der Waals surface area contributed by atoms with Crippen molar-refractivity contribution >= 4 is 27.5 Å². The maximum Gasteiger partial charge on any atom is 0.137 e. The summed E-state index contributed by atoms with van der Waals surface area (Å²) in [4.78, 5) is 0. The van der Waals surface area contributed by atoms with E-state index in [2.05, 4.69) is 21.2 Å². The van der Waals surface area contributed by atoms with E-state index in [0.29, 0.717) is 9.50 Å². The molecule has 1 nitrogen and oxygen atoms in total. The first-order valence-corrected chi connectivity index (χ1v) is 6.67. The lowest BCUT2D eigenvalue weighted by atomic mass is 9.99. The van der Waals surface area contributed by atoms with Crippen molar-refractivity contribution in [2.75, 3.05) is 7.05 Å². The van der Waals surface area contributed by atoms with Crippen LogP contribution < -0.4 is 5.32 Å². The Balaban J connectivity index is 2.45. The van der Waals surface area contributed by atoms with E-state index in [0.717, 1.165) is 11.1 Å². The molecule has 94 valence electrons. The van der Waals surface area contributed by atoms with Crippen LogP contribution in [0, 0.1) is 5.82 Å². The molecule has 0 bridgehead atoms. The number of nitrogens with one attached hydrogen (secondary N) is 1. The molecular formula is C14H12BrClFN. The van der Waals surface area contributed by atoms with Gasteiger partial charge in [0.15, 0.2) is 0 Å². The molecule has 0 fully saturated rings. The van der Waals surface area contributed by atoms with Gasteiger partial charge >= 0.3 is 0 Å². The standard InChI is InChI=1S/C14H12BrClFN/c1-18-14(10-4-2-3-5-12(10)16)9-6-7-13(17)11(15)8-9/h2-8,14,18H,1H3. The Labute approximate surface area is 119 Å². The fourth-order valence-electron chi connectivity index (χ4n) is 1.90. The van der Waals surface area contributed by atoms with E-state index < -0.39 is 0 Å². The van der Waals surface area contributed by atoms with Crippen LogP contribution in [0.5, 0.6) is 0 Å². The van der Waals surface area contributed by atoms with Crippen LogP contribution in [0.4, 0.5) is 4.39 Å². The molecule has 0 saturated carbocycles. The third kappa shape index (κ3) is 2.74. The highest BCUT2D eigenvalue weighted by Gasteiger charge is 2.15. The minimum Gasteiger partial charge on any atom is -0.309 e. The van der Waals surface area contributed by atoms with Crippen LogP contribution in [0.3, 0.4) is 0 Å². The van der Waals surface area contributed by atoms with Crippen molar-refractivity contribution in [3.05, 3.63) is 68.9 Å². The molecule has 0 radical (unpaired) electrons. The molecule has 1 atom stereocenters. The van der Waals surface area contributed by atoms with E-state index in [-0.39, 0.29) is 11.9 Å². The summed E-state index contributed by atoms with van der Waals surface area (Å²) < 4.78 is 13.7. The van der Waals surface area contributed by atoms with E-state index >= 15 is 0 Å². The number of hydrogen-bond acceptors (Lipinski definition) is 1. The number of halogens is 3. The van der Waals surface area contributed by atoms with E-state index in [9.17, 15) is 4.39 Å². The molecular weight excluding hydrogens is 317 g/mol. The van der Waals surface area contributed by atoms with E-state index in [1.165, 1.54) is 6.07 Å². The first-order chi connectivity index (χ1) is 8.63. The maximum atomic E-state index is 13.3. The highest BCUT2D eigenvalue weighted by molar-refractivity contribution is 9.10. The average molecular weight is 329 g/mol. The van der Waals surface area contributed by atoms with Gasteiger partial charge in [0.1, 0.15) is 5.82 Å². The summed E-state index contributed by atoms with van der Waals surface area (Å²) in [5.41, 5.74) is 1.93. The van der Waals surface area contributed by atoms with Crippen molar-refractivity contribution in [3.8, 4) is 0 Å². The lowest BCUT2D eigenvalue weighted by molar-refractivity contribution is 0.616. The first kappa shape index (κ1) is 13.5. The molecule has 0 saturated heterocycles. The van der Waals surface area contributed by atoms with Crippen molar-refractivity contribution in [1.29, 1.82) is 0 Å². The lowest BCUT2D eigenvalue weighted by Crippen LogP contribution is -2.18. The molecule has 0 heterocycles. The largest absolute Gasteiger partial charge is 0.309 e. The van der Waals surface area contributed by atoms with Gasteiger partial charge in [0, 0.05) is 5.02 Å². The Morgan fingerprint density at radius 1 is 1.22 bits per heavy atom. The molecule has 2 aromatic carbocycles. The predicted octanol–water partition coefficient (Wildman–Crippen LogP) is 4.55. The van der Waals surface area contributed by atoms with Gasteiger partial charge in [-0.1, -0.05) is 35.9 Å². The third-order valence-electron chi connectivity index (χ3n) is 2.78. The molecule has 4 heteroatoms. The second kappa shape index (κ2) is 5.83. The molecule has 0 aliphatic carbocycles. The summed E-state index contributed by atoms with van der Waals surface area (Å²) in [6.45, 7) is 0. The van der Waals surface area contributed by atoms with Gasteiger partial charge in [-0.15, -0.1) is 0 Å². The zero-order valence-corrected chi connectivity index (χ0v) is 12.1. The molecule has 1 N–H and O–H groups in total. The molecule has 0 aliphatic heterocycles. The Hall–Kier alpha value is -0.900. The predicted molar refractivity (Wildman–Crippen MR) is 76.5 cm³/mol. The Morgan fingerprint density at radius 3 is 2.56 bits per heavy atom. The summed E-state index contributed by atoms with van der Waals surface area (Å²) >= 11 is 9.39. The SMILES string of the molecule is CNC(c1ccc(F)c(Br)c1)c1ccccc1Cl. The van der Waals surface area contributed by atoms with Gasteiger partial charge < -0.3 is 5.32 Å². The van der Waals surface area contributed by atoms with E-state index in [1.807, 2.05) is 31.3 Å². The Bertz CT molecular complexity index is 559. The summed E-state index contributed by atoms with van der Waals surface area (Å²) in [7, 11) is 1.85. The molecule has 2 aromatic rings. The minimum atomic E-state index is -0.271. The highest BCUT2D eigenvalue weighted by atomic mass is 79.9. The molecule has 0 aromatic heterocycles. The van der Waals surface area contributed by atoms with Gasteiger partial charge in [-0.05, 0) is 52.3 Å². The summed E-state index contributed by atoms with van der Waals surface area (Å²) in [6, 6.07) is 12.5. The normalized spacial score (nSPS) is 12.4. The van der Waals surface area contributed by atoms with Crippen LogP contribution in [0.2, 0.25) is 5.02 Å². The van der Waals surface area contributed by atoms with Crippen molar-refractivity contribution in [2.45, 2.75) is 6.04 Å². The van der Waals surface area contributed by atoms with Crippen LogP contribution >= 0.6 is 27.5 Å². The maximum absolute atomic E-state index is 13.3. The molecule has 2 rings (SSSR count). The molecule has 0 aliphatic rings. The number of rotatable bonds is 3. The van der Waals surface area contributed by atoms with Gasteiger partial charge in [0.2, 0.25) is 0 Å².